The Kier molecular flexibility index (Phi) is 7.52. The molecule has 0 saturated heterocycles. The van der Waals surface area contributed by atoms with Crippen LogP contribution < -0.4 is 15.5 Å². The van der Waals surface area contributed by atoms with Gasteiger partial charge in [-0.3, -0.25) is 9.59 Å². The molecule has 1 aromatic carbocycles. The Balaban J connectivity index is 2.50. The molecular weight excluding hydrogens is 274 g/mol. The number of rotatable bonds is 7. The minimum atomic E-state index is -0.837. The standard InChI is InChI=1S/C14H19N3O4/c1-3-21-12-7-5-4-6-11(12)10-16-17-14(19)13(18)15-8-9-20-2/h4-7,10H,3,8-9H2,1-2H3,(H,15,18)(H,17,19)/b16-10+. The Morgan fingerprint density at radius 3 is 2.76 bits per heavy atom. The first-order chi connectivity index (χ1) is 10.2. The number of hydrogen-bond acceptors (Lipinski definition) is 5. The molecule has 0 atom stereocenters. The van der Waals surface area contributed by atoms with E-state index in [9.17, 15) is 9.59 Å². The molecule has 0 aliphatic carbocycles. The molecule has 1 rings (SSSR count). The van der Waals surface area contributed by atoms with Gasteiger partial charge in [0, 0.05) is 19.2 Å². The van der Waals surface area contributed by atoms with Crippen molar-refractivity contribution >= 4 is 18.0 Å². The van der Waals surface area contributed by atoms with Crippen LogP contribution in [0.15, 0.2) is 29.4 Å². The number of ether oxygens (including phenoxy) is 2. The Morgan fingerprint density at radius 2 is 2.05 bits per heavy atom. The summed E-state index contributed by atoms with van der Waals surface area (Å²) in [6.07, 6.45) is 1.42. The minimum Gasteiger partial charge on any atom is -0.493 e. The quantitative estimate of drug-likeness (QED) is 0.327. The monoisotopic (exact) mass is 293 g/mol. The van der Waals surface area contributed by atoms with Crippen LogP contribution in [0.1, 0.15) is 12.5 Å². The van der Waals surface area contributed by atoms with Crippen LogP contribution in [0.3, 0.4) is 0 Å². The number of benzene rings is 1. The van der Waals surface area contributed by atoms with Crippen molar-refractivity contribution in [2.45, 2.75) is 6.92 Å². The van der Waals surface area contributed by atoms with Gasteiger partial charge in [0.05, 0.1) is 19.4 Å². The zero-order valence-electron chi connectivity index (χ0n) is 12.1. The highest BCUT2D eigenvalue weighted by Gasteiger charge is 2.11. The van der Waals surface area contributed by atoms with Crippen molar-refractivity contribution < 1.29 is 19.1 Å². The lowest BCUT2D eigenvalue weighted by Crippen LogP contribution is -2.39. The molecule has 2 N–H and O–H groups in total. The first kappa shape index (κ1) is 16.6. The molecule has 0 heterocycles. The van der Waals surface area contributed by atoms with Gasteiger partial charge in [-0.05, 0) is 19.1 Å². The van der Waals surface area contributed by atoms with Crippen molar-refractivity contribution in [3.05, 3.63) is 29.8 Å². The molecule has 21 heavy (non-hydrogen) atoms. The average Bonchev–Trinajstić information content (AvgIpc) is 2.49. The molecule has 0 aliphatic rings. The number of carbonyl (C=O) groups excluding carboxylic acids is 2. The zero-order chi connectivity index (χ0) is 15.5. The Hall–Kier alpha value is -2.41. The molecule has 2 amide bonds. The van der Waals surface area contributed by atoms with E-state index in [-0.39, 0.29) is 6.54 Å². The summed E-state index contributed by atoms with van der Waals surface area (Å²) < 4.78 is 10.2. The van der Waals surface area contributed by atoms with Crippen molar-refractivity contribution in [3.8, 4) is 5.75 Å². The number of nitrogens with one attached hydrogen (secondary N) is 2. The van der Waals surface area contributed by atoms with Gasteiger partial charge in [0.15, 0.2) is 0 Å². The van der Waals surface area contributed by atoms with Crippen LogP contribution in [-0.4, -0.2) is 44.9 Å². The minimum absolute atomic E-state index is 0.264. The van der Waals surface area contributed by atoms with Crippen LogP contribution in [0.25, 0.3) is 0 Å². The lowest BCUT2D eigenvalue weighted by Gasteiger charge is -2.06. The number of carbonyl (C=O) groups is 2. The molecule has 0 bridgehead atoms. The molecular formula is C14H19N3O4. The van der Waals surface area contributed by atoms with Gasteiger partial charge >= 0.3 is 11.8 Å². The fraction of sp³-hybridized carbons (Fsp3) is 0.357. The summed E-state index contributed by atoms with van der Waals surface area (Å²) in [5, 5.41) is 6.13. The lowest BCUT2D eigenvalue weighted by atomic mass is 10.2. The lowest BCUT2D eigenvalue weighted by molar-refractivity contribution is -0.139. The van der Waals surface area contributed by atoms with Gasteiger partial charge in [-0.1, -0.05) is 12.1 Å². The second kappa shape index (κ2) is 9.49. The van der Waals surface area contributed by atoms with E-state index in [0.29, 0.717) is 24.5 Å². The van der Waals surface area contributed by atoms with Crippen LogP contribution in [0.2, 0.25) is 0 Å². The van der Waals surface area contributed by atoms with Crippen molar-refractivity contribution in [1.82, 2.24) is 10.7 Å². The van der Waals surface area contributed by atoms with Gasteiger partial charge < -0.3 is 14.8 Å². The summed E-state index contributed by atoms with van der Waals surface area (Å²) >= 11 is 0. The molecule has 0 aromatic heterocycles. The van der Waals surface area contributed by atoms with Crippen molar-refractivity contribution in [1.29, 1.82) is 0 Å². The van der Waals surface area contributed by atoms with E-state index < -0.39 is 11.8 Å². The molecule has 1 aromatic rings. The van der Waals surface area contributed by atoms with E-state index in [1.165, 1.54) is 13.3 Å². The van der Waals surface area contributed by atoms with Crippen LogP contribution in [0, 0.1) is 0 Å². The van der Waals surface area contributed by atoms with Crippen molar-refractivity contribution in [2.24, 2.45) is 5.10 Å². The van der Waals surface area contributed by atoms with E-state index in [1.807, 2.05) is 19.1 Å². The highest BCUT2D eigenvalue weighted by Crippen LogP contribution is 2.15. The normalized spacial score (nSPS) is 10.4. The highest BCUT2D eigenvalue weighted by atomic mass is 16.5. The van der Waals surface area contributed by atoms with Crippen LogP contribution in [0.4, 0.5) is 0 Å². The van der Waals surface area contributed by atoms with Gasteiger partial charge in [-0.15, -0.1) is 0 Å². The number of hydrazone groups is 1. The summed E-state index contributed by atoms with van der Waals surface area (Å²) in [6, 6.07) is 7.25. The smallest absolute Gasteiger partial charge is 0.329 e. The second-order valence-electron chi connectivity index (χ2n) is 3.92. The fourth-order valence-electron chi connectivity index (χ4n) is 1.43. The Morgan fingerprint density at radius 1 is 1.29 bits per heavy atom. The van der Waals surface area contributed by atoms with E-state index in [4.69, 9.17) is 9.47 Å². The van der Waals surface area contributed by atoms with Crippen molar-refractivity contribution in [3.63, 3.8) is 0 Å². The summed E-state index contributed by atoms with van der Waals surface area (Å²) in [5.41, 5.74) is 2.86. The summed E-state index contributed by atoms with van der Waals surface area (Å²) in [4.78, 5) is 22.8. The maximum Gasteiger partial charge on any atom is 0.329 e. The van der Waals surface area contributed by atoms with Gasteiger partial charge in [-0.25, -0.2) is 5.43 Å². The maximum atomic E-state index is 11.4. The van der Waals surface area contributed by atoms with E-state index >= 15 is 0 Å². The first-order valence-corrected chi connectivity index (χ1v) is 6.51. The molecule has 0 aliphatic heterocycles. The van der Waals surface area contributed by atoms with E-state index in [2.05, 4.69) is 15.8 Å². The zero-order valence-corrected chi connectivity index (χ0v) is 12.1. The third-order valence-electron chi connectivity index (χ3n) is 2.39. The van der Waals surface area contributed by atoms with Gasteiger partial charge in [0.2, 0.25) is 0 Å². The SMILES string of the molecule is CCOc1ccccc1/C=N/NC(=O)C(=O)NCCOC. The topological polar surface area (TPSA) is 89.0 Å². The predicted molar refractivity (Wildman–Crippen MR) is 78.2 cm³/mol. The Labute approximate surface area is 123 Å². The van der Waals surface area contributed by atoms with Crippen LogP contribution in [0.5, 0.6) is 5.75 Å². The molecule has 7 heteroatoms. The maximum absolute atomic E-state index is 11.4. The first-order valence-electron chi connectivity index (χ1n) is 6.51. The molecule has 0 saturated carbocycles. The van der Waals surface area contributed by atoms with Gasteiger partial charge in [0.1, 0.15) is 5.75 Å². The number of para-hydroxylation sites is 1. The summed E-state index contributed by atoms with van der Waals surface area (Å²) in [7, 11) is 1.51. The Bertz CT molecular complexity index is 503. The second-order valence-corrected chi connectivity index (χ2v) is 3.92. The van der Waals surface area contributed by atoms with Crippen LogP contribution in [-0.2, 0) is 14.3 Å². The van der Waals surface area contributed by atoms with Crippen molar-refractivity contribution in [2.75, 3.05) is 26.9 Å². The summed E-state index contributed by atoms with van der Waals surface area (Å²) in [5.74, 6) is -0.943. The highest BCUT2D eigenvalue weighted by molar-refractivity contribution is 6.35. The number of nitrogens with zero attached hydrogens (tertiary/aromatic N) is 1. The molecule has 114 valence electrons. The number of methoxy groups -OCH3 is 1. The van der Waals surface area contributed by atoms with Crippen LogP contribution >= 0.6 is 0 Å². The molecule has 0 spiro atoms. The molecule has 7 nitrogen and oxygen atoms in total. The molecule has 0 fully saturated rings. The molecule has 0 radical (unpaired) electrons. The average molecular weight is 293 g/mol. The van der Waals surface area contributed by atoms with E-state index in [1.54, 1.807) is 12.1 Å². The number of hydrogen-bond donors (Lipinski definition) is 2. The van der Waals surface area contributed by atoms with Gasteiger partial charge in [0.25, 0.3) is 0 Å². The third kappa shape index (κ3) is 6.05. The third-order valence-corrected chi connectivity index (χ3v) is 2.39. The fourth-order valence-corrected chi connectivity index (χ4v) is 1.43. The summed E-state index contributed by atoms with van der Waals surface area (Å²) in [6.45, 7) is 3.00. The predicted octanol–water partition coefficient (Wildman–Crippen LogP) is 0.298. The number of amides is 2. The largest absolute Gasteiger partial charge is 0.493 e. The van der Waals surface area contributed by atoms with E-state index in [0.717, 1.165) is 0 Å². The van der Waals surface area contributed by atoms with Gasteiger partial charge in [-0.2, -0.15) is 5.10 Å². The molecule has 0 unspecified atom stereocenters.